The van der Waals surface area contributed by atoms with Crippen LogP contribution >= 0.6 is 0 Å². The van der Waals surface area contributed by atoms with Gasteiger partial charge < -0.3 is 20.8 Å². The van der Waals surface area contributed by atoms with Gasteiger partial charge in [-0.05, 0) is 60.7 Å². The second kappa shape index (κ2) is 15.0. The predicted octanol–water partition coefficient (Wildman–Crippen LogP) is 3.14. The van der Waals surface area contributed by atoms with Gasteiger partial charge in [-0.1, -0.05) is 18.2 Å². The molecule has 1 aliphatic heterocycles. The number of benzene rings is 3. The zero-order valence-electron chi connectivity index (χ0n) is 19.3. The highest BCUT2D eigenvalue weighted by Gasteiger charge is 2.17. The Hall–Kier alpha value is -4.00. The molecule has 3 aromatic carbocycles. The number of carbonyl (C=O) groups excluding carboxylic acids is 1. The summed E-state index contributed by atoms with van der Waals surface area (Å²) >= 11 is 0. The van der Waals surface area contributed by atoms with E-state index in [2.05, 4.69) is 16.1 Å². The lowest BCUT2D eigenvalue weighted by molar-refractivity contribution is -0.119. The number of phenols is 2. The molecule has 3 aromatic rings. The molecule has 0 atom stereocenters. The van der Waals surface area contributed by atoms with Crippen LogP contribution in [0.5, 0.6) is 11.5 Å². The smallest absolute Gasteiger partial charge is 0.394 e. The van der Waals surface area contributed by atoms with Crippen molar-refractivity contribution in [2.24, 2.45) is 0 Å². The van der Waals surface area contributed by atoms with E-state index >= 15 is 0 Å². The van der Waals surface area contributed by atoms with Crippen LogP contribution in [0.2, 0.25) is 0 Å². The third-order valence-electron chi connectivity index (χ3n) is 4.20. The molecule has 0 aliphatic carbocycles. The van der Waals surface area contributed by atoms with Crippen LogP contribution in [0, 0.1) is 0 Å². The topological polar surface area (TPSA) is 171 Å². The zero-order valence-corrected chi connectivity index (χ0v) is 20.1. The van der Waals surface area contributed by atoms with Crippen molar-refractivity contribution in [3.05, 3.63) is 78.9 Å². The summed E-state index contributed by atoms with van der Waals surface area (Å²) in [6.07, 6.45) is 0.592. The Morgan fingerprint density at radius 2 is 1.17 bits per heavy atom. The number of hydrogen-bond donors (Lipinski definition) is 7. The minimum absolute atomic E-state index is 0.0962. The van der Waals surface area contributed by atoms with Crippen LogP contribution in [0.1, 0.15) is 6.42 Å². The third-order valence-corrected chi connectivity index (χ3v) is 4.20. The van der Waals surface area contributed by atoms with Gasteiger partial charge in [-0.25, -0.2) is 0 Å². The lowest BCUT2D eigenvalue weighted by Gasteiger charge is -2.16. The molecule has 0 radical (unpaired) electrons. The molecule has 0 spiro atoms. The maximum atomic E-state index is 10.9. The first-order valence-electron chi connectivity index (χ1n) is 10.3. The third kappa shape index (κ3) is 14.0. The van der Waals surface area contributed by atoms with E-state index in [0.717, 1.165) is 23.6 Å². The van der Waals surface area contributed by atoms with Crippen LogP contribution in [-0.2, 0) is 15.2 Å². The highest BCUT2D eigenvalue weighted by atomic mass is 32.3. The average Bonchev–Trinajstić information content (AvgIpc) is 3.27. The van der Waals surface area contributed by atoms with E-state index in [1.807, 2.05) is 73.7 Å². The first kappa shape index (κ1) is 29.0. The summed E-state index contributed by atoms with van der Waals surface area (Å²) in [5, 5.41) is 25.4. The molecular weight excluding hydrogens is 476 g/mol. The summed E-state index contributed by atoms with van der Waals surface area (Å²) in [5.74, 6) is 0.696. The van der Waals surface area contributed by atoms with E-state index in [1.165, 1.54) is 0 Å². The van der Waals surface area contributed by atoms with Gasteiger partial charge in [0.15, 0.2) is 0 Å². The van der Waals surface area contributed by atoms with Gasteiger partial charge >= 0.3 is 10.4 Å². The average molecular weight is 507 g/mol. The van der Waals surface area contributed by atoms with Gasteiger partial charge in [0, 0.05) is 38.4 Å². The zero-order chi connectivity index (χ0) is 26.3. The summed E-state index contributed by atoms with van der Waals surface area (Å²) in [7, 11) is -0.987. The number of aromatic hydroxyl groups is 2. The Balaban J connectivity index is 0.000000243. The van der Waals surface area contributed by atoms with Crippen molar-refractivity contribution in [1.82, 2.24) is 5.43 Å². The number of nitrogens with zero attached hydrogens (tertiary/aromatic N) is 1. The number of amides is 1. The monoisotopic (exact) mass is 506 g/mol. The molecule has 35 heavy (non-hydrogen) atoms. The maximum absolute atomic E-state index is 10.9. The molecule has 11 nitrogen and oxygen atoms in total. The second-order valence-corrected chi connectivity index (χ2v) is 7.71. The van der Waals surface area contributed by atoms with Gasteiger partial charge in [0.2, 0.25) is 5.91 Å². The van der Waals surface area contributed by atoms with Gasteiger partial charge in [-0.2, -0.15) is 8.42 Å². The van der Waals surface area contributed by atoms with Gasteiger partial charge in [-0.3, -0.25) is 24.3 Å². The first-order chi connectivity index (χ1) is 16.5. The van der Waals surface area contributed by atoms with Crippen LogP contribution in [-0.4, -0.2) is 54.3 Å². The van der Waals surface area contributed by atoms with Crippen molar-refractivity contribution in [1.29, 1.82) is 0 Å². The lowest BCUT2D eigenvalue weighted by atomic mass is 10.3. The maximum Gasteiger partial charge on any atom is 0.394 e. The second-order valence-electron chi connectivity index (χ2n) is 6.81. The van der Waals surface area contributed by atoms with Crippen molar-refractivity contribution >= 4 is 33.4 Å². The molecule has 7 N–H and O–H groups in total. The Kier molecular flexibility index (Phi) is 12.4. The largest absolute Gasteiger partial charge is 0.508 e. The summed E-state index contributed by atoms with van der Waals surface area (Å²) in [5.41, 5.74) is 5.82. The molecule has 12 heteroatoms. The summed E-state index contributed by atoms with van der Waals surface area (Å²) in [6, 6.07) is 23.7. The molecule has 0 unspecified atom stereocenters. The van der Waals surface area contributed by atoms with E-state index < -0.39 is 10.4 Å². The van der Waals surface area contributed by atoms with Crippen LogP contribution in [0.15, 0.2) is 78.9 Å². The normalized spacial score (nSPS) is 11.9. The van der Waals surface area contributed by atoms with E-state index in [1.54, 1.807) is 24.3 Å². The molecule has 0 saturated carbocycles. The van der Waals surface area contributed by atoms with E-state index in [4.69, 9.17) is 27.7 Å². The van der Waals surface area contributed by atoms with Gasteiger partial charge in [0.05, 0.1) is 5.69 Å². The fourth-order valence-corrected chi connectivity index (χ4v) is 2.53. The van der Waals surface area contributed by atoms with Crippen molar-refractivity contribution < 1.29 is 32.5 Å². The van der Waals surface area contributed by atoms with Crippen molar-refractivity contribution in [3.8, 4) is 11.5 Å². The van der Waals surface area contributed by atoms with Gasteiger partial charge in [0.1, 0.15) is 11.5 Å². The minimum Gasteiger partial charge on any atom is -0.508 e. The molecule has 1 fully saturated rings. The van der Waals surface area contributed by atoms with Gasteiger partial charge in [0.25, 0.3) is 0 Å². The molecular formula is C23H30N4O7S. The van der Waals surface area contributed by atoms with Crippen LogP contribution in [0.3, 0.4) is 0 Å². The number of hydrazine groups is 1. The molecule has 1 aliphatic rings. The quantitative estimate of drug-likeness (QED) is 0.207. The molecule has 0 aromatic heterocycles. The minimum atomic E-state index is -4.67. The molecule has 0 bridgehead atoms. The summed E-state index contributed by atoms with van der Waals surface area (Å²) < 4.78 is 31.6. The molecule has 1 amide bonds. The SMILES string of the molecule is CNc1ccc(O)cc1.CNc1ccc(O)cc1.O=C1CCN(c2ccccc2)N1.O=S(=O)(O)O. The van der Waals surface area contributed by atoms with Crippen molar-refractivity contribution in [3.63, 3.8) is 0 Å². The standard InChI is InChI=1S/C9H10N2O.2C7H9NO.H2O4S/c12-9-6-7-11(10-9)8-4-2-1-3-5-8;2*1-8-6-2-4-7(9)5-3-6;1-5(2,3)4/h1-5H,6-7H2,(H,10,12);2*2-5,8-9H,1H3;(H2,1,2,3,4). The number of phenolic OH excluding ortho intramolecular Hbond substituents is 2. The van der Waals surface area contributed by atoms with Crippen LogP contribution in [0.4, 0.5) is 17.1 Å². The molecule has 190 valence electrons. The fourth-order valence-electron chi connectivity index (χ4n) is 2.53. The Morgan fingerprint density at radius 3 is 1.49 bits per heavy atom. The van der Waals surface area contributed by atoms with Crippen molar-refractivity contribution in [2.45, 2.75) is 6.42 Å². The van der Waals surface area contributed by atoms with E-state index in [-0.39, 0.29) is 5.91 Å². The number of nitrogens with one attached hydrogen (secondary N) is 3. The predicted molar refractivity (Wildman–Crippen MR) is 136 cm³/mol. The molecule has 1 saturated heterocycles. The van der Waals surface area contributed by atoms with Crippen LogP contribution < -0.4 is 21.1 Å². The fraction of sp³-hybridized carbons (Fsp3) is 0.174. The van der Waals surface area contributed by atoms with Crippen LogP contribution in [0.25, 0.3) is 0 Å². The lowest BCUT2D eigenvalue weighted by Crippen LogP contribution is -2.32. The number of carbonyl (C=O) groups is 1. The number of anilines is 3. The number of hydrogen-bond acceptors (Lipinski definition) is 8. The highest BCUT2D eigenvalue weighted by Crippen LogP contribution is 2.14. The number of rotatable bonds is 3. The molecule has 1 heterocycles. The Morgan fingerprint density at radius 1 is 0.771 bits per heavy atom. The molecule has 4 rings (SSSR count). The Labute approximate surface area is 204 Å². The first-order valence-corrected chi connectivity index (χ1v) is 11.7. The number of para-hydroxylation sites is 1. The van der Waals surface area contributed by atoms with E-state index in [9.17, 15) is 4.79 Å². The van der Waals surface area contributed by atoms with Gasteiger partial charge in [-0.15, -0.1) is 0 Å². The Bertz CT molecular complexity index is 1060. The van der Waals surface area contributed by atoms with Crippen molar-refractivity contribution in [2.75, 3.05) is 36.3 Å². The highest BCUT2D eigenvalue weighted by molar-refractivity contribution is 7.79. The summed E-state index contributed by atoms with van der Waals surface area (Å²) in [6.45, 7) is 0.767. The van der Waals surface area contributed by atoms with E-state index in [0.29, 0.717) is 17.9 Å². The summed E-state index contributed by atoms with van der Waals surface area (Å²) in [4.78, 5) is 10.9.